The monoisotopic (exact) mass is 589 g/mol. The van der Waals surface area contributed by atoms with Crippen LogP contribution in [-0.4, -0.2) is 11.7 Å². The first kappa shape index (κ1) is 26.5. The van der Waals surface area contributed by atoms with E-state index in [1.807, 2.05) is 6.07 Å². The van der Waals surface area contributed by atoms with E-state index in [-0.39, 0.29) is 0 Å². The molecule has 0 atom stereocenters. The third-order valence-corrected chi connectivity index (χ3v) is 9.53. The van der Waals surface area contributed by atoms with Crippen molar-refractivity contribution in [3.05, 3.63) is 157 Å². The summed E-state index contributed by atoms with van der Waals surface area (Å²) in [6, 6.07) is 55.4. The van der Waals surface area contributed by atoms with Crippen LogP contribution in [0.5, 0.6) is 5.75 Å². The van der Waals surface area contributed by atoms with E-state index in [1.54, 1.807) is 7.11 Å². The molecule has 0 fully saturated rings. The molecular formula is C44H31NO. The first-order chi connectivity index (χ1) is 22.7. The highest BCUT2D eigenvalue weighted by Gasteiger charge is 2.16. The zero-order valence-corrected chi connectivity index (χ0v) is 25.8. The average Bonchev–Trinajstić information content (AvgIpc) is 3.41. The van der Waals surface area contributed by atoms with Crippen LogP contribution in [0.2, 0.25) is 0 Å². The van der Waals surface area contributed by atoms with E-state index < -0.39 is 0 Å². The van der Waals surface area contributed by atoms with Crippen LogP contribution in [0.4, 0.5) is 0 Å². The molecular weight excluding hydrogens is 558 g/mol. The lowest BCUT2D eigenvalue weighted by molar-refractivity contribution is 0.415. The fourth-order valence-electron chi connectivity index (χ4n) is 7.36. The Bertz CT molecular complexity index is 2740. The molecule has 0 N–H and O–H groups in total. The second kappa shape index (κ2) is 10.4. The smallest absolute Gasteiger partial charge is 0.119 e. The van der Waals surface area contributed by atoms with Gasteiger partial charge in [-0.3, -0.25) is 0 Å². The van der Waals surface area contributed by atoms with E-state index in [1.165, 1.54) is 64.9 Å². The molecule has 0 unspecified atom stereocenters. The highest BCUT2D eigenvalue weighted by Crippen LogP contribution is 2.41. The van der Waals surface area contributed by atoms with Gasteiger partial charge >= 0.3 is 0 Å². The van der Waals surface area contributed by atoms with Crippen molar-refractivity contribution >= 4 is 75.7 Å². The SMILES string of the molecule is COc1ccc2ccc3c(ccc4ccccc4c2c1)c1cc2c4ccccc4c4cc(C)ccc4c2cc1n3-c1ccccc1. The van der Waals surface area contributed by atoms with Crippen LogP contribution >= 0.6 is 0 Å². The maximum Gasteiger partial charge on any atom is 0.119 e. The number of ether oxygens (including phenoxy) is 1. The van der Waals surface area contributed by atoms with E-state index in [2.05, 4.69) is 157 Å². The summed E-state index contributed by atoms with van der Waals surface area (Å²) in [6.07, 6.45) is 0. The van der Waals surface area contributed by atoms with Crippen molar-refractivity contribution in [2.75, 3.05) is 7.11 Å². The van der Waals surface area contributed by atoms with Gasteiger partial charge in [-0.2, -0.15) is 0 Å². The molecule has 0 saturated heterocycles. The number of para-hydroxylation sites is 1. The third kappa shape index (κ3) is 4.04. The van der Waals surface area contributed by atoms with Gasteiger partial charge in [0.1, 0.15) is 5.75 Å². The summed E-state index contributed by atoms with van der Waals surface area (Å²) in [7, 11) is 1.73. The highest BCUT2D eigenvalue weighted by molar-refractivity contribution is 6.29. The Labute approximate surface area is 267 Å². The fraction of sp³-hybridized carbons (Fsp3) is 0.0455. The normalized spacial score (nSPS) is 11.7. The van der Waals surface area contributed by atoms with Crippen molar-refractivity contribution in [1.82, 2.24) is 4.57 Å². The first-order valence-corrected chi connectivity index (χ1v) is 15.8. The van der Waals surface area contributed by atoms with Gasteiger partial charge in [0.15, 0.2) is 0 Å². The summed E-state index contributed by atoms with van der Waals surface area (Å²) in [5, 5.41) is 14.8. The number of fused-ring (bicyclic) bond motifs is 12. The maximum absolute atomic E-state index is 5.66. The predicted octanol–water partition coefficient (Wildman–Crippen LogP) is 12.0. The number of benzene rings is 7. The molecule has 8 aromatic carbocycles. The van der Waals surface area contributed by atoms with E-state index in [0.29, 0.717) is 0 Å². The Morgan fingerprint density at radius 1 is 0.391 bits per heavy atom. The molecule has 1 heterocycles. The van der Waals surface area contributed by atoms with Crippen LogP contribution in [0.3, 0.4) is 0 Å². The average molecular weight is 590 g/mol. The molecule has 0 aliphatic rings. The summed E-state index contributed by atoms with van der Waals surface area (Å²) in [5.41, 5.74) is 4.75. The Morgan fingerprint density at radius 2 is 1.00 bits per heavy atom. The van der Waals surface area contributed by atoms with E-state index in [0.717, 1.165) is 27.7 Å². The highest BCUT2D eigenvalue weighted by atomic mass is 16.5. The van der Waals surface area contributed by atoms with Gasteiger partial charge in [-0.25, -0.2) is 0 Å². The van der Waals surface area contributed by atoms with Gasteiger partial charge in [0.2, 0.25) is 0 Å². The molecule has 1 aromatic heterocycles. The molecule has 0 aliphatic carbocycles. The van der Waals surface area contributed by atoms with Crippen LogP contribution < -0.4 is 4.74 Å². The minimum Gasteiger partial charge on any atom is -0.497 e. The summed E-state index contributed by atoms with van der Waals surface area (Å²) in [5.74, 6) is 0.850. The number of aryl methyl sites for hydroxylation is 1. The lowest BCUT2D eigenvalue weighted by Gasteiger charge is -2.13. The number of aromatic nitrogens is 1. The number of rotatable bonds is 2. The minimum atomic E-state index is 0.850. The Kier molecular flexibility index (Phi) is 5.97. The Hall–Kier alpha value is -5.86. The van der Waals surface area contributed by atoms with Crippen molar-refractivity contribution in [3.8, 4) is 11.4 Å². The number of hydrogen-bond acceptors (Lipinski definition) is 1. The zero-order valence-electron chi connectivity index (χ0n) is 25.8. The number of nitrogens with zero attached hydrogens (tertiary/aromatic N) is 1. The standard InChI is InChI=1S/C44H31NO/c1-28-16-21-36-39(24-28)34-14-8-9-15-35(34)40-26-42-37-22-18-29-10-6-7-13-33(29)38-25-32(46-2)20-17-30(38)19-23-43(37)45(44(42)27-41(36)40)31-11-4-3-5-12-31/h3-27H,1-2H3. The van der Waals surface area contributed by atoms with Crippen molar-refractivity contribution in [2.45, 2.75) is 6.92 Å². The van der Waals surface area contributed by atoms with Crippen molar-refractivity contribution in [2.24, 2.45) is 0 Å². The second-order valence-corrected chi connectivity index (χ2v) is 12.2. The van der Waals surface area contributed by atoms with Gasteiger partial charge in [-0.15, -0.1) is 0 Å². The van der Waals surface area contributed by atoms with Gasteiger partial charge < -0.3 is 9.30 Å². The van der Waals surface area contributed by atoms with E-state index >= 15 is 0 Å². The van der Waals surface area contributed by atoms with Gasteiger partial charge in [0.25, 0.3) is 0 Å². The molecule has 0 amide bonds. The molecule has 2 heteroatoms. The van der Waals surface area contributed by atoms with Crippen molar-refractivity contribution < 1.29 is 4.74 Å². The summed E-state index contributed by atoms with van der Waals surface area (Å²) in [6.45, 7) is 2.18. The molecule has 46 heavy (non-hydrogen) atoms. The van der Waals surface area contributed by atoms with Gasteiger partial charge in [-0.1, -0.05) is 115 Å². The van der Waals surface area contributed by atoms with Crippen LogP contribution in [0.1, 0.15) is 5.56 Å². The lowest BCUT2D eigenvalue weighted by atomic mass is 9.92. The van der Waals surface area contributed by atoms with Crippen molar-refractivity contribution in [1.29, 1.82) is 0 Å². The molecule has 0 aliphatic heterocycles. The first-order valence-electron chi connectivity index (χ1n) is 15.8. The number of methoxy groups -OCH3 is 1. The van der Waals surface area contributed by atoms with Gasteiger partial charge in [-0.05, 0) is 103 Å². The van der Waals surface area contributed by atoms with Crippen LogP contribution in [0, 0.1) is 6.92 Å². The maximum atomic E-state index is 5.66. The molecule has 0 bridgehead atoms. The largest absolute Gasteiger partial charge is 0.497 e. The van der Waals surface area contributed by atoms with Gasteiger partial charge in [0.05, 0.1) is 18.1 Å². The predicted molar refractivity (Wildman–Crippen MR) is 197 cm³/mol. The topological polar surface area (TPSA) is 14.2 Å². The van der Waals surface area contributed by atoms with Gasteiger partial charge in [0, 0.05) is 16.5 Å². The fourth-order valence-corrected chi connectivity index (χ4v) is 7.36. The molecule has 9 aromatic rings. The summed E-state index contributed by atoms with van der Waals surface area (Å²) >= 11 is 0. The van der Waals surface area contributed by atoms with Crippen LogP contribution in [-0.2, 0) is 0 Å². The molecule has 9 rings (SSSR count). The summed E-state index contributed by atoms with van der Waals surface area (Å²) in [4.78, 5) is 0. The molecule has 218 valence electrons. The lowest BCUT2D eigenvalue weighted by Crippen LogP contribution is -1.93. The molecule has 0 spiro atoms. The third-order valence-electron chi connectivity index (χ3n) is 9.53. The molecule has 0 saturated carbocycles. The molecule has 2 nitrogen and oxygen atoms in total. The van der Waals surface area contributed by atoms with Crippen LogP contribution in [0.25, 0.3) is 81.4 Å². The molecule has 0 radical (unpaired) electrons. The van der Waals surface area contributed by atoms with Crippen molar-refractivity contribution in [3.63, 3.8) is 0 Å². The second-order valence-electron chi connectivity index (χ2n) is 12.2. The summed E-state index contributed by atoms with van der Waals surface area (Å²) < 4.78 is 8.08. The Morgan fingerprint density at radius 3 is 1.80 bits per heavy atom. The van der Waals surface area contributed by atoms with E-state index in [4.69, 9.17) is 4.74 Å². The quantitative estimate of drug-likeness (QED) is 0.183. The minimum absolute atomic E-state index is 0.850. The zero-order chi connectivity index (χ0) is 30.8. The van der Waals surface area contributed by atoms with E-state index in [9.17, 15) is 0 Å². The van der Waals surface area contributed by atoms with Crippen LogP contribution in [0.15, 0.2) is 152 Å². The Balaban J connectivity index is 1.53. The number of hydrogen-bond donors (Lipinski definition) is 0.